The Morgan fingerprint density at radius 1 is 0.833 bits per heavy atom. The fourth-order valence-corrected chi connectivity index (χ4v) is 3.85. The van der Waals surface area contributed by atoms with Crippen LogP contribution in [0.1, 0.15) is 68.6 Å². The Balaban J connectivity index is 1.45. The van der Waals surface area contributed by atoms with E-state index in [0.717, 1.165) is 19.3 Å². The lowest BCUT2D eigenvalue weighted by Gasteiger charge is -2.08. The molecule has 1 heteroatoms. The van der Waals surface area contributed by atoms with Gasteiger partial charge in [0, 0.05) is 6.42 Å². The fourth-order valence-electron chi connectivity index (χ4n) is 3.85. The Bertz CT molecular complexity index is 699. The summed E-state index contributed by atoms with van der Waals surface area (Å²) in [5.74, 6) is 0.328. The Kier molecular flexibility index (Phi) is 5.85. The zero-order valence-corrected chi connectivity index (χ0v) is 14.8. The lowest BCUT2D eigenvalue weighted by atomic mass is 9.96. The first-order valence-electron chi connectivity index (χ1n) is 9.44. The van der Waals surface area contributed by atoms with Gasteiger partial charge in [-0.3, -0.25) is 0 Å². The number of Topliss-reactive ketones (excluding diaryl/α,β-unsaturated/α-hetero) is 1. The van der Waals surface area contributed by atoms with Crippen LogP contribution in [0.4, 0.5) is 0 Å². The van der Waals surface area contributed by atoms with Gasteiger partial charge < -0.3 is 4.79 Å². The summed E-state index contributed by atoms with van der Waals surface area (Å²) in [6.07, 6.45) is 10.5. The number of aryl methyl sites for hydroxylation is 1. The molecule has 0 aromatic heterocycles. The first-order chi connectivity index (χ1) is 11.8. The molecule has 3 rings (SSSR count). The van der Waals surface area contributed by atoms with Crippen LogP contribution in [0.15, 0.2) is 42.5 Å². The second kappa shape index (κ2) is 8.28. The largest absolute Gasteiger partial charge is 0.300 e. The molecule has 0 saturated carbocycles. The summed E-state index contributed by atoms with van der Waals surface area (Å²) in [6.45, 7) is 1.69. The number of carbonyl (C=O) groups excluding carboxylic acids is 1. The number of unbranched alkanes of at least 4 members (excludes halogenated alkanes) is 5. The number of fused-ring (bicyclic) bond motifs is 3. The van der Waals surface area contributed by atoms with E-state index in [4.69, 9.17) is 0 Å². The lowest BCUT2D eigenvalue weighted by Crippen LogP contribution is -1.94. The maximum atomic E-state index is 10.9. The van der Waals surface area contributed by atoms with E-state index in [1.807, 2.05) is 0 Å². The SMILES string of the molecule is CC(=O)CCCCCCCCc1cccc2c1Cc1ccccc1-2. The minimum Gasteiger partial charge on any atom is -0.300 e. The first kappa shape index (κ1) is 17.0. The molecule has 1 nitrogen and oxygen atoms in total. The third-order valence-corrected chi connectivity index (χ3v) is 5.17. The number of hydrogen-bond donors (Lipinski definition) is 0. The van der Waals surface area contributed by atoms with Crippen LogP contribution in [0.25, 0.3) is 11.1 Å². The molecule has 0 unspecified atom stereocenters. The van der Waals surface area contributed by atoms with Gasteiger partial charge in [0.25, 0.3) is 0 Å². The van der Waals surface area contributed by atoms with E-state index in [2.05, 4.69) is 42.5 Å². The zero-order valence-electron chi connectivity index (χ0n) is 14.8. The minimum absolute atomic E-state index is 0.328. The van der Waals surface area contributed by atoms with Gasteiger partial charge in [-0.25, -0.2) is 0 Å². The molecular formula is C23H28O. The second-order valence-electron chi connectivity index (χ2n) is 7.10. The van der Waals surface area contributed by atoms with Crippen LogP contribution in [0, 0.1) is 0 Å². The summed E-state index contributed by atoms with van der Waals surface area (Å²) in [5.41, 5.74) is 7.46. The quantitative estimate of drug-likeness (QED) is 0.434. The topological polar surface area (TPSA) is 17.1 Å². The third kappa shape index (κ3) is 4.14. The van der Waals surface area contributed by atoms with Crippen LogP contribution in [0.3, 0.4) is 0 Å². The average Bonchev–Trinajstić information content (AvgIpc) is 2.96. The number of rotatable bonds is 9. The fraction of sp³-hybridized carbons (Fsp3) is 0.435. The van der Waals surface area contributed by atoms with E-state index in [0.29, 0.717) is 5.78 Å². The number of carbonyl (C=O) groups is 1. The monoisotopic (exact) mass is 320 g/mol. The molecule has 0 bridgehead atoms. The summed E-state index contributed by atoms with van der Waals surface area (Å²) in [5, 5.41) is 0. The van der Waals surface area contributed by atoms with Crippen molar-refractivity contribution in [1.29, 1.82) is 0 Å². The van der Waals surface area contributed by atoms with Gasteiger partial charge in [-0.05, 0) is 60.4 Å². The molecule has 0 spiro atoms. The third-order valence-electron chi connectivity index (χ3n) is 5.17. The van der Waals surface area contributed by atoms with Crippen LogP contribution < -0.4 is 0 Å². The predicted octanol–water partition coefficient (Wildman–Crippen LogP) is 6.12. The Morgan fingerprint density at radius 2 is 1.54 bits per heavy atom. The maximum Gasteiger partial charge on any atom is 0.129 e. The summed E-state index contributed by atoms with van der Waals surface area (Å²) in [4.78, 5) is 10.9. The highest BCUT2D eigenvalue weighted by molar-refractivity contribution is 5.77. The molecule has 0 saturated heterocycles. The molecule has 1 aliphatic rings. The van der Waals surface area contributed by atoms with Crippen molar-refractivity contribution in [3.63, 3.8) is 0 Å². The van der Waals surface area contributed by atoms with Gasteiger partial charge in [0.1, 0.15) is 5.78 Å². The van der Waals surface area contributed by atoms with E-state index >= 15 is 0 Å². The molecule has 0 amide bonds. The van der Waals surface area contributed by atoms with Crippen LogP contribution in [0.2, 0.25) is 0 Å². The van der Waals surface area contributed by atoms with Crippen molar-refractivity contribution in [2.45, 2.75) is 64.7 Å². The number of hydrogen-bond acceptors (Lipinski definition) is 1. The zero-order chi connectivity index (χ0) is 16.8. The van der Waals surface area contributed by atoms with E-state index in [-0.39, 0.29) is 0 Å². The lowest BCUT2D eigenvalue weighted by molar-refractivity contribution is -0.117. The van der Waals surface area contributed by atoms with E-state index in [1.54, 1.807) is 18.1 Å². The highest BCUT2D eigenvalue weighted by Gasteiger charge is 2.19. The molecular weight excluding hydrogens is 292 g/mol. The predicted molar refractivity (Wildman–Crippen MR) is 101 cm³/mol. The van der Waals surface area contributed by atoms with E-state index < -0.39 is 0 Å². The van der Waals surface area contributed by atoms with Gasteiger partial charge in [-0.15, -0.1) is 0 Å². The summed E-state index contributed by atoms with van der Waals surface area (Å²) < 4.78 is 0. The van der Waals surface area contributed by atoms with Gasteiger partial charge in [-0.1, -0.05) is 68.1 Å². The molecule has 2 aromatic carbocycles. The van der Waals surface area contributed by atoms with Gasteiger partial charge in [-0.2, -0.15) is 0 Å². The van der Waals surface area contributed by atoms with Crippen molar-refractivity contribution in [1.82, 2.24) is 0 Å². The molecule has 0 N–H and O–H groups in total. The Hall–Kier alpha value is -1.89. The standard InChI is InChI=1S/C23H28O/c1-18(24)11-6-4-2-3-5-7-12-19-14-10-16-22-21-15-9-8-13-20(21)17-23(19)22/h8-10,13-16H,2-7,11-12,17H2,1H3. The maximum absolute atomic E-state index is 10.9. The molecule has 0 atom stereocenters. The molecule has 24 heavy (non-hydrogen) atoms. The molecule has 0 fully saturated rings. The van der Waals surface area contributed by atoms with Crippen LogP contribution in [0.5, 0.6) is 0 Å². The molecule has 0 radical (unpaired) electrons. The normalized spacial score (nSPS) is 12.0. The Labute approximate surface area is 146 Å². The summed E-state index contributed by atoms with van der Waals surface area (Å²) in [6, 6.07) is 15.6. The van der Waals surface area contributed by atoms with Gasteiger partial charge >= 0.3 is 0 Å². The smallest absolute Gasteiger partial charge is 0.129 e. The van der Waals surface area contributed by atoms with E-state index in [1.165, 1.54) is 55.2 Å². The van der Waals surface area contributed by atoms with Gasteiger partial charge in [0.15, 0.2) is 0 Å². The summed E-state index contributed by atoms with van der Waals surface area (Å²) in [7, 11) is 0. The first-order valence-corrected chi connectivity index (χ1v) is 9.44. The molecule has 0 heterocycles. The van der Waals surface area contributed by atoms with Crippen LogP contribution >= 0.6 is 0 Å². The highest BCUT2D eigenvalue weighted by Crippen LogP contribution is 2.38. The van der Waals surface area contributed by atoms with Crippen molar-refractivity contribution in [3.8, 4) is 11.1 Å². The molecule has 126 valence electrons. The Morgan fingerprint density at radius 3 is 2.38 bits per heavy atom. The van der Waals surface area contributed by atoms with Crippen molar-refractivity contribution in [2.24, 2.45) is 0 Å². The molecule has 1 aliphatic carbocycles. The number of benzene rings is 2. The van der Waals surface area contributed by atoms with Crippen molar-refractivity contribution < 1.29 is 4.79 Å². The second-order valence-corrected chi connectivity index (χ2v) is 7.10. The van der Waals surface area contributed by atoms with Crippen molar-refractivity contribution >= 4 is 5.78 Å². The minimum atomic E-state index is 0.328. The van der Waals surface area contributed by atoms with Crippen molar-refractivity contribution in [2.75, 3.05) is 0 Å². The highest BCUT2D eigenvalue weighted by atomic mass is 16.1. The number of ketones is 1. The molecule has 2 aromatic rings. The summed E-state index contributed by atoms with van der Waals surface area (Å²) >= 11 is 0. The van der Waals surface area contributed by atoms with E-state index in [9.17, 15) is 4.79 Å². The average molecular weight is 320 g/mol. The van der Waals surface area contributed by atoms with Crippen LogP contribution in [-0.4, -0.2) is 5.78 Å². The van der Waals surface area contributed by atoms with Crippen LogP contribution in [-0.2, 0) is 17.6 Å². The van der Waals surface area contributed by atoms with Gasteiger partial charge in [0.2, 0.25) is 0 Å². The van der Waals surface area contributed by atoms with Crippen molar-refractivity contribution in [3.05, 3.63) is 59.2 Å². The molecule has 0 aliphatic heterocycles. The van der Waals surface area contributed by atoms with Gasteiger partial charge in [0.05, 0.1) is 0 Å².